The van der Waals surface area contributed by atoms with Crippen molar-refractivity contribution >= 4 is 39.3 Å². The van der Waals surface area contributed by atoms with Gasteiger partial charge in [0.15, 0.2) is 5.78 Å². The highest BCUT2D eigenvalue weighted by Crippen LogP contribution is 2.43. The summed E-state index contributed by atoms with van der Waals surface area (Å²) in [5, 5.41) is 32.6. The van der Waals surface area contributed by atoms with Gasteiger partial charge in [-0.3, -0.25) is 9.59 Å². The van der Waals surface area contributed by atoms with Crippen LogP contribution in [0.4, 0.5) is 4.39 Å². The van der Waals surface area contributed by atoms with Crippen molar-refractivity contribution < 1.29 is 48.3 Å². The largest absolute Gasteiger partial charge is 0.491 e. The number of aliphatic hydroxyl groups is 3. The predicted molar refractivity (Wildman–Crippen MR) is 287 cm³/mol. The summed E-state index contributed by atoms with van der Waals surface area (Å²) in [6, 6.07) is 40.5. The monoisotopic (exact) mass is 1020 g/mol. The van der Waals surface area contributed by atoms with Crippen LogP contribution in [0.25, 0.3) is 22.4 Å². The third-order valence-corrected chi connectivity index (χ3v) is 14.5. The standard InChI is InChI=1S/C59H68FNO9S2/c1-40(2)56-55(52(65)36-42-12-8-6-9-13-42)54(43-14-10-7-11-15-43)57(44-19-25-47(60)26-20-44)61(56)31-30-48(62)37-50(64)38-53(66)68-32-34-71-72-35-33-69-58(67)45-21-28-51(29-22-45)70-39-49(63)27-18-41-16-23-46(24-17-41)59(3,4)5/h6-17,19-26,28-29,40,48-50,62-64H,18,27,30-39H2,1-5H3/t48-,49?,50-/m1/s1. The average molecular weight is 1020 g/mol. The summed E-state index contributed by atoms with van der Waals surface area (Å²) >= 11 is 0. The molecule has 0 saturated carbocycles. The molecule has 1 heterocycles. The van der Waals surface area contributed by atoms with Gasteiger partial charge >= 0.3 is 11.9 Å². The molecule has 1 aromatic heterocycles. The molecule has 5 aromatic carbocycles. The predicted octanol–water partition coefficient (Wildman–Crippen LogP) is 11.9. The van der Waals surface area contributed by atoms with Crippen molar-refractivity contribution in [1.29, 1.82) is 0 Å². The average Bonchev–Trinajstić information content (AvgIpc) is 3.71. The van der Waals surface area contributed by atoms with Gasteiger partial charge in [-0.1, -0.05) is 141 Å². The van der Waals surface area contributed by atoms with E-state index >= 15 is 0 Å². The Kier molecular flexibility index (Phi) is 21.1. The van der Waals surface area contributed by atoms with Crippen molar-refractivity contribution in [1.82, 2.24) is 4.57 Å². The molecule has 10 nitrogen and oxygen atoms in total. The number of ether oxygens (including phenoxy) is 3. The van der Waals surface area contributed by atoms with Gasteiger partial charge < -0.3 is 34.1 Å². The molecule has 0 bridgehead atoms. The van der Waals surface area contributed by atoms with Crippen molar-refractivity contribution in [2.75, 3.05) is 31.3 Å². The number of nitrogens with zero attached hydrogens (tertiary/aromatic N) is 1. The van der Waals surface area contributed by atoms with Crippen LogP contribution < -0.4 is 4.74 Å². The highest BCUT2D eigenvalue weighted by Gasteiger charge is 2.31. The number of hydrogen-bond acceptors (Lipinski definition) is 11. The van der Waals surface area contributed by atoms with E-state index in [0.29, 0.717) is 34.8 Å². The minimum atomic E-state index is -1.15. The highest BCUT2D eigenvalue weighted by molar-refractivity contribution is 8.76. The fourth-order valence-electron chi connectivity index (χ4n) is 8.49. The molecule has 0 aliphatic heterocycles. The van der Waals surface area contributed by atoms with E-state index < -0.39 is 30.3 Å². The Bertz CT molecular complexity index is 2630. The zero-order valence-corrected chi connectivity index (χ0v) is 43.6. The van der Waals surface area contributed by atoms with Gasteiger partial charge in [-0.15, -0.1) is 0 Å². The Morgan fingerprint density at radius 1 is 0.681 bits per heavy atom. The molecule has 0 amide bonds. The number of benzene rings is 5. The number of ketones is 1. The molecule has 1 unspecified atom stereocenters. The van der Waals surface area contributed by atoms with Gasteiger partial charge in [-0.2, -0.15) is 0 Å². The molecule has 6 aromatic rings. The molecular weight excluding hydrogens is 950 g/mol. The topological polar surface area (TPSA) is 145 Å². The van der Waals surface area contributed by atoms with E-state index in [4.69, 9.17) is 14.2 Å². The maximum Gasteiger partial charge on any atom is 0.338 e. The van der Waals surface area contributed by atoms with E-state index in [1.54, 1.807) is 36.4 Å². The molecule has 72 heavy (non-hydrogen) atoms. The van der Waals surface area contributed by atoms with Crippen molar-refractivity contribution in [2.45, 2.75) is 109 Å². The van der Waals surface area contributed by atoms with E-state index in [-0.39, 0.29) is 75.0 Å². The molecule has 0 spiro atoms. The molecule has 0 aliphatic rings. The second-order valence-electron chi connectivity index (χ2n) is 19.3. The number of carbonyl (C=O) groups excluding carboxylic acids is 3. The van der Waals surface area contributed by atoms with E-state index in [9.17, 15) is 34.1 Å². The second-order valence-corrected chi connectivity index (χ2v) is 22.0. The summed E-state index contributed by atoms with van der Waals surface area (Å²) in [5.74, 6) is -0.0374. The molecule has 382 valence electrons. The smallest absolute Gasteiger partial charge is 0.338 e. The van der Waals surface area contributed by atoms with Crippen LogP contribution in [-0.4, -0.2) is 87.2 Å². The Hall–Kier alpha value is -5.70. The Morgan fingerprint density at radius 2 is 1.31 bits per heavy atom. The molecule has 0 aliphatic carbocycles. The lowest BCUT2D eigenvalue weighted by Gasteiger charge is -2.20. The van der Waals surface area contributed by atoms with Gasteiger partial charge in [0.05, 0.1) is 36.0 Å². The number of carbonyl (C=O) groups is 3. The SMILES string of the molecule is CC(C)c1c(C(=O)Cc2ccccc2)c(-c2ccccc2)c(-c2ccc(F)cc2)n1CC[C@@H](O)C[C@@H](O)CC(=O)OCCSSCCOC(=O)c1ccc(OCC(O)CCc2ccc(C(C)(C)C)cc2)cc1. The van der Waals surface area contributed by atoms with Crippen molar-refractivity contribution in [2.24, 2.45) is 0 Å². The normalized spacial score (nSPS) is 12.9. The fourth-order valence-corrected chi connectivity index (χ4v) is 10.1. The van der Waals surface area contributed by atoms with Crippen LogP contribution in [0, 0.1) is 5.82 Å². The quantitative estimate of drug-likeness (QED) is 0.0196. The summed E-state index contributed by atoms with van der Waals surface area (Å²) in [5.41, 5.74) is 8.22. The molecule has 6 rings (SSSR count). The molecule has 0 saturated heterocycles. The third-order valence-electron chi connectivity index (χ3n) is 12.2. The lowest BCUT2D eigenvalue weighted by atomic mass is 9.86. The fraction of sp³-hybridized carbons (Fsp3) is 0.373. The van der Waals surface area contributed by atoms with Crippen LogP contribution in [0.5, 0.6) is 5.75 Å². The Labute approximate surface area is 431 Å². The first-order chi connectivity index (χ1) is 34.6. The number of esters is 2. The van der Waals surface area contributed by atoms with Gasteiger partial charge in [-0.05, 0) is 113 Å². The zero-order valence-electron chi connectivity index (χ0n) is 41.9. The minimum absolute atomic E-state index is 0.0533. The summed E-state index contributed by atoms with van der Waals surface area (Å²) < 4.78 is 32.9. The second kappa shape index (κ2) is 27.4. The van der Waals surface area contributed by atoms with E-state index in [1.165, 1.54) is 39.3 Å². The third kappa shape index (κ3) is 16.7. The number of hydrogen-bond donors (Lipinski definition) is 3. The first kappa shape index (κ1) is 55.6. The number of aromatic nitrogens is 1. The molecule has 0 fully saturated rings. The molecular formula is C59H68FNO9S2. The number of halogens is 1. The van der Waals surface area contributed by atoms with Crippen LogP contribution >= 0.6 is 21.6 Å². The number of Topliss-reactive ketones (excluding diaryl/α,β-unsaturated/α-hetero) is 1. The van der Waals surface area contributed by atoms with Crippen molar-refractivity contribution in [3.8, 4) is 28.1 Å². The Morgan fingerprint density at radius 3 is 1.93 bits per heavy atom. The van der Waals surface area contributed by atoms with Gasteiger partial charge in [-0.25, -0.2) is 9.18 Å². The lowest BCUT2D eigenvalue weighted by molar-refractivity contribution is -0.145. The molecule has 3 atom stereocenters. The molecule has 0 radical (unpaired) electrons. The van der Waals surface area contributed by atoms with Crippen LogP contribution in [0.2, 0.25) is 0 Å². The minimum Gasteiger partial charge on any atom is -0.491 e. The van der Waals surface area contributed by atoms with E-state index in [0.717, 1.165) is 45.6 Å². The summed E-state index contributed by atoms with van der Waals surface area (Å²) in [6.45, 7) is 11.3. The number of aliphatic hydroxyl groups excluding tert-OH is 3. The summed E-state index contributed by atoms with van der Waals surface area (Å²) in [6.07, 6.45) is -1.41. The lowest BCUT2D eigenvalue weighted by Crippen LogP contribution is -2.23. The van der Waals surface area contributed by atoms with Crippen molar-refractivity contribution in [3.05, 3.63) is 173 Å². The molecule has 3 N–H and O–H groups in total. The first-order valence-corrected chi connectivity index (χ1v) is 27.1. The van der Waals surface area contributed by atoms with Crippen LogP contribution in [0.15, 0.2) is 133 Å². The summed E-state index contributed by atoms with van der Waals surface area (Å²) in [7, 11) is 2.94. The maximum atomic E-state index is 14.5. The summed E-state index contributed by atoms with van der Waals surface area (Å²) in [4.78, 5) is 39.7. The highest BCUT2D eigenvalue weighted by atomic mass is 33.1. The zero-order chi connectivity index (χ0) is 51.6. The number of aryl methyl sites for hydroxylation is 1. The van der Waals surface area contributed by atoms with E-state index in [2.05, 4.69) is 49.6 Å². The van der Waals surface area contributed by atoms with Gasteiger partial charge in [0, 0.05) is 41.3 Å². The molecule has 13 heteroatoms. The number of rotatable bonds is 27. The van der Waals surface area contributed by atoms with Crippen molar-refractivity contribution in [3.63, 3.8) is 0 Å². The van der Waals surface area contributed by atoms with E-state index in [1.807, 2.05) is 74.5 Å². The maximum absolute atomic E-state index is 14.5. The van der Waals surface area contributed by atoms with Crippen LogP contribution in [-0.2, 0) is 39.1 Å². The van der Waals surface area contributed by atoms with Gasteiger partial charge in [0.25, 0.3) is 0 Å². The van der Waals surface area contributed by atoms with Gasteiger partial charge in [0.1, 0.15) is 31.4 Å². The first-order valence-electron chi connectivity index (χ1n) is 24.7. The van der Waals surface area contributed by atoms with Gasteiger partial charge in [0.2, 0.25) is 0 Å². The van der Waals surface area contributed by atoms with Crippen LogP contribution in [0.3, 0.4) is 0 Å². The Balaban J connectivity index is 0.910. The van der Waals surface area contributed by atoms with Crippen LogP contribution in [0.1, 0.15) is 109 Å².